The summed E-state index contributed by atoms with van der Waals surface area (Å²) in [6, 6.07) is 0. The summed E-state index contributed by atoms with van der Waals surface area (Å²) in [4.78, 5) is 72.9. The summed E-state index contributed by atoms with van der Waals surface area (Å²) in [5.41, 5.74) is 0. The highest BCUT2D eigenvalue weighted by atomic mass is 31.2. The third-order valence-corrected chi connectivity index (χ3v) is 20.1. The lowest BCUT2D eigenvalue weighted by Crippen LogP contribution is -2.30. The zero-order valence-electron chi connectivity index (χ0n) is 61.1. The van der Waals surface area contributed by atoms with Gasteiger partial charge in [0, 0.05) is 25.7 Å². The Bertz CT molecular complexity index is 1920. The summed E-state index contributed by atoms with van der Waals surface area (Å²) in [5, 5.41) is 10.6. The predicted octanol–water partition coefficient (Wildman–Crippen LogP) is 21.9. The summed E-state index contributed by atoms with van der Waals surface area (Å²) in [6.07, 6.45) is 59.6. The van der Waals surface area contributed by atoms with E-state index in [9.17, 15) is 43.2 Å². The summed E-state index contributed by atoms with van der Waals surface area (Å²) in [7, 11) is -9.92. The van der Waals surface area contributed by atoms with Crippen molar-refractivity contribution in [2.45, 2.75) is 399 Å². The van der Waals surface area contributed by atoms with Gasteiger partial charge in [-0.25, -0.2) is 9.13 Å². The predicted molar refractivity (Wildman–Crippen MR) is 384 cm³/mol. The van der Waals surface area contributed by atoms with Crippen molar-refractivity contribution in [2.75, 3.05) is 39.6 Å². The van der Waals surface area contributed by atoms with Gasteiger partial charge in [-0.2, -0.15) is 0 Å². The van der Waals surface area contributed by atoms with E-state index in [0.29, 0.717) is 25.7 Å². The first-order valence-corrected chi connectivity index (χ1v) is 42.4. The summed E-state index contributed by atoms with van der Waals surface area (Å²) < 4.78 is 68.6. The molecule has 1 aliphatic rings. The number of carbonyl (C=O) groups is 4. The highest BCUT2D eigenvalue weighted by Crippen LogP contribution is 2.47. The molecule has 7 atom stereocenters. The zero-order chi connectivity index (χ0) is 69.4. The van der Waals surface area contributed by atoms with Crippen molar-refractivity contribution in [1.29, 1.82) is 0 Å². The molecule has 0 aliphatic heterocycles. The molecule has 0 amide bonds. The van der Waals surface area contributed by atoms with Crippen LogP contribution in [0.5, 0.6) is 0 Å². The van der Waals surface area contributed by atoms with Gasteiger partial charge in [-0.1, -0.05) is 310 Å². The number of phosphoric ester groups is 2. The Morgan fingerprint density at radius 1 is 0.337 bits per heavy atom. The molecule has 19 heteroatoms. The van der Waals surface area contributed by atoms with Gasteiger partial charge in [0.25, 0.3) is 0 Å². The topological polar surface area (TPSA) is 237 Å². The van der Waals surface area contributed by atoms with Crippen LogP contribution in [0.3, 0.4) is 0 Å². The molecule has 0 spiro atoms. The molecule has 560 valence electrons. The van der Waals surface area contributed by atoms with Crippen LogP contribution in [0.1, 0.15) is 381 Å². The van der Waals surface area contributed by atoms with Crippen LogP contribution in [0.25, 0.3) is 0 Å². The molecule has 0 bridgehead atoms. The first kappa shape index (κ1) is 90.8. The minimum absolute atomic E-state index is 0.0955. The van der Waals surface area contributed by atoms with E-state index in [1.807, 2.05) is 0 Å². The molecule has 7 unspecified atom stereocenters. The number of esters is 4. The van der Waals surface area contributed by atoms with Gasteiger partial charge in [0.15, 0.2) is 12.2 Å². The highest BCUT2D eigenvalue weighted by molar-refractivity contribution is 7.47. The lowest BCUT2D eigenvalue weighted by Gasteiger charge is -2.21. The number of allylic oxidation sites excluding steroid dienone is 2. The van der Waals surface area contributed by atoms with Crippen molar-refractivity contribution < 1.29 is 80.2 Å². The number of hydrogen-bond acceptors (Lipinski definition) is 15. The molecule has 0 radical (unpaired) electrons. The van der Waals surface area contributed by atoms with Crippen molar-refractivity contribution in [2.24, 2.45) is 11.8 Å². The Morgan fingerprint density at radius 3 is 0.884 bits per heavy atom. The van der Waals surface area contributed by atoms with Crippen molar-refractivity contribution in [1.82, 2.24) is 0 Å². The van der Waals surface area contributed by atoms with E-state index >= 15 is 0 Å². The van der Waals surface area contributed by atoms with E-state index in [1.54, 1.807) is 0 Å². The Hall–Kier alpha value is -2.20. The van der Waals surface area contributed by atoms with Crippen LogP contribution in [-0.2, 0) is 65.4 Å². The van der Waals surface area contributed by atoms with E-state index in [2.05, 4.69) is 39.8 Å². The van der Waals surface area contributed by atoms with Gasteiger partial charge in [0.05, 0.1) is 26.4 Å². The van der Waals surface area contributed by atoms with Crippen LogP contribution in [0.2, 0.25) is 0 Å². The maximum atomic E-state index is 13.1. The van der Waals surface area contributed by atoms with E-state index in [4.69, 9.17) is 37.0 Å². The number of aliphatic hydroxyl groups excluding tert-OH is 1. The highest BCUT2D eigenvalue weighted by Gasteiger charge is 2.35. The fourth-order valence-electron chi connectivity index (χ4n) is 12.0. The minimum Gasteiger partial charge on any atom is -0.462 e. The maximum Gasteiger partial charge on any atom is 0.472 e. The van der Waals surface area contributed by atoms with E-state index in [0.717, 1.165) is 115 Å². The van der Waals surface area contributed by atoms with Gasteiger partial charge in [0.2, 0.25) is 0 Å². The fraction of sp³-hybridized carbons (Fsp3) is 0.921. The monoisotopic (exact) mass is 1390 g/mol. The van der Waals surface area contributed by atoms with Crippen molar-refractivity contribution in [3.8, 4) is 0 Å². The van der Waals surface area contributed by atoms with Crippen LogP contribution in [0, 0.1) is 11.8 Å². The van der Waals surface area contributed by atoms with Crippen molar-refractivity contribution in [3.05, 3.63) is 12.2 Å². The average Bonchev–Trinajstić information content (AvgIpc) is 1.74. The van der Waals surface area contributed by atoms with Crippen LogP contribution in [0.15, 0.2) is 12.2 Å². The molecule has 1 rings (SSSR count). The Balaban J connectivity index is 2.71. The van der Waals surface area contributed by atoms with Gasteiger partial charge in [0.1, 0.15) is 19.3 Å². The molecule has 1 aliphatic carbocycles. The number of ether oxygens (including phenoxy) is 4. The molecular weight excluding hydrogens is 1250 g/mol. The van der Waals surface area contributed by atoms with Gasteiger partial charge in [-0.05, 0) is 69.6 Å². The van der Waals surface area contributed by atoms with Gasteiger partial charge >= 0.3 is 39.5 Å². The normalized spacial score (nSPS) is 16.1. The molecule has 95 heavy (non-hydrogen) atoms. The molecule has 0 aromatic heterocycles. The summed E-state index contributed by atoms with van der Waals surface area (Å²) in [5.74, 6) is -0.311. The van der Waals surface area contributed by atoms with E-state index in [-0.39, 0.29) is 25.7 Å². The molecule has 1 fully saturated rings. The second kappa shape index (κ2) is 65.1. The zero-order valence-corrected chi connectivity index (χ0v) is 62.9. The Labute approximate surface area is 579 Å². The molecule has 0 saturated heterocycles. The maximum absolute atomic E-state index is 13.1. The van der Waals surface area contributed by atoms with Crippen molar-refractivity contribution in [3.63, 3.8) is 0 Å². The van der Waals surface area contributed by atoms with Crippen molar-refractivity contribution >= 4 is 39.5 Å². The summed E-state index contributed by atoms with van der Waals surface area (Å²) >= 11 is 0. The van der Waals surface area contributed by atoms with Crippen LogP contribution >= 0.6 is 15.6 Å². The molecule has 1 saturated carbocycles. The standard InChI is InChI=1S/C76H144O17P2/c1-5-9-13-17-20-23-26-29-30-33-36-39-42-47-54-60-75(80)92-71(64-86-73(78)57-51-45-40-37-34-31-27-24-21-18-14-10-6-2)66-90-94(82,83)88-62-70(77)63-89-95(84,85)91-67-72(93-76(81)59-53-46-41-38-35-32-28-25-22-19-15-11-7-3)65-87-74(79)58-52-48-43-44-50-56-69-61-68(69)55-49-16-12-8-4/h29-30,68-72,77H,5-28,31-67H2,1-4H3,(H,82,83)(H,84,85)/b30-29-. The number of hydrogen-bond donors (Lipinski definition) is 3. The largest absolute Gasteiger partial charge is 0.472 e. The quantitative estimate of drug-likeness (QED) is 0.0169. The Kier molecular flexibility index (Phi) is 62.3. The second-order valence-corrected chi connectivity index (χ2v) is 30.5. The lowest BCUT2D eigenvalue weighted by molar-refractivity contribution is -0.161. The van der Waals surface area contributed by atoms with Gasteiger partial charge in [-0.15, -0.1) is 0 Å². The molecule has 0 aromatic rings. The van der Waals surface area contributed by atoms with Gasteiger partial charge < -0.3 is 33.8 Å². The number of unbranched alkanes of at least 4 members (excludes halogenated alkanes) is 42. The first-order chi connectivity index (χ1) is 46.1. The van der Waals surface area contributed by atoms with Crippen LogP contribution < -0.4 is 0 Å². The van der Waals surface area contributed by atoms with E-state index < -0.39 is 97.5 Å². The molecule has 17 nitrogen and oxygen atoms in total. The number of rotatable bonds is 74. The Morgan fingerprint density at radius 2 is 0.579 bits per heavy atom. The fourth-order valence-corrected chi connectivity index (χ4v) is 13.6. The average molecular weight is 1390 g/mol. The second-order valence-electron chi connectivity index (χ2n) is 27.6. The third-order valence-electron chi connectivity index (χ3n) is 18.2. The number of carbonyl (C=O) groups excluding carboxylic acids is 4. The smallest absolute Gasteiger partial charge is 0.462 e. The third kappa shape index (κ3) is 62.5. The molecular formula is C76H144O17P2. The molecule has 0 heterocycles. The van der Waals surface area contributed by atoms with Crippen LogP contribution in [-0.4, -0.2) is 96.7 Å². The first-order valence-electron chi connectivity index (χ1n) is 39.4. The number of aliphatic hydroxyl groups is 1. The molecule has 0 aromatic carbocycles. The lowest BCUT2D eigenvalue weighted by atomic mass is 10.0. The number of phosphoric acid groups is 2. The van der Waals surface area contributed by atoms with E-state index in [1.165, 1.54) is 199 Å². The molecule has 3 N–H and O–H groups in total. The minimum atomic E-state index is -4.96. The SMILES string of the molecule is CCCCCCCC/C=C\CCCCCCCC(=O)OC(COC(=O)CCCCCCCCCCCCCCC)COP(=O)(O)OCC(O)COP(=O)(O)OCC(COC(=O)CCCCCCCC1CC1CCCCCC)OC(=O)CCCCCCCCCCCCCCC. The van der Waals surface area contributed by atoms with Gasteiger partial charge in [-0.3, -0.25) is 37.3 Å². The van der Waals surface area contributed by atoms with Crippen LogP contribution in [0.4, 0.5) is 0 Å². The summed E-state index contributed by atoms with van der Waals surface area (Å²) in [6.45, 7) is 4.98.